The maximum Gasteiger partial charge on any atom is 0.220 e. The Labute approximate surface area is 232 Å². The van der Waals surface area contributed by atoms with Crippen molar-refractivity contribution in [3.05, 3.63) is 103 Å². The van der Waals surface area contributed by atoms with Crippen LogP contribution in [0, 0.1) is 17.0 Å². The van der Waals surface area contributed by atoms with Crippen molar-refractivity contribution < 1.29 is 14.4 Å². The number of hydrogen-bond acceptors (Lipinski definition) is 7. The zero-order valence-corrected chi connectivity index (χ0v) is 22.8. The van der Waals surface area contributed by atoms with Crippen LogP contribution in [-0.4, -0.2) is 33.3 Å². The number of hydrogen-bond donors (Lipinski definition) is 0. The van der Waals surface area contributed by atoms with E-state index in [2.05, 4.69) is 10.2 Å². The molecule has 0 aliphatic carbocycles. The predicted octanol–water partition coefficient (Wildman–Crippen LogP) is 7.23. The fourth-order valence-corrected chi connectivity index (χ4v) is 5.35. The summed E-state index contributed by atoms with van der Waals surface area (Å²) in [7, 11) is 1.48. The topological polar surface area (TPSA) is 92.3 Å². The van der Waals surface area contributed by atoms with E-state index >= 15 is 0 Å². The van der Waals surface area contributed by atoms with E-state index < -0.39 is 5.25 Å². The van der Waals surface area contributed by atoms with Crippen molar-refractivity contribution >= 4 is 46.6 Å². The largest absolute Gasteiger partial charge is 0.493 e. The van der Waals surface area contributed by atoms with Crippen LogP contribution in [0.4, 0.5) is 0 Å². The molecule has 0 bridgehead atoms. The van der Waals surface area contributed by atoms with E-state index in [1.54, 1.807) is 37.3 Å². The quantitative estimate of drug-likeness (QED) is 0.111. The van der Waals surface area contributed by atoms with Gasteiger partial charge in [-0.05, 0) is 55.0 Å². The summed E-state index contributed by atoms with van der Waals surface area (Å²) in [6, 6.07) is 17.8. The third-order valence-corrected chi connectivity index (χ3v) is 7.48. The first-order valence-corrected chi connectivity index (χ1v) is 13.0. The van der Waals surface area contributed by atoms with E-state index in [0.29, 0.717) is 38.1 Å². The average molecular weight is 580 g/mol. The number of nitro groups is 1. The van der Waals surface area contributed by atoms with Crippen LogP contribution in [0.3, 0.4) is 0 Å². The van der Waals surface area contributed by atoms with Crippen molar-refractivity contribution in [1.82, 2.24) is 14.8 Å². The molecule has 0 saturated heterocycles. The summed E-state index contributed by atoms with van der Waals surface area (Å²) in [4.78, 5) is 11.2. The van der Waals surface area contributed by atoms with Crippen LogP contribution in [0.15, 0.2) is 65.8 Å². The molecule has 0 amide bonds. The summed E-state index contributed by atoms with van der Waals surface area (Å²) in [5, 5.41) is 21.3. The number of aryl methyl sites for hydroxylation is 1. The summed E-state index contributed by atoms with van der Waals surface area (Å²) in [6.07, 6.45) is 0. The number of methoxy groups -OCH3 is 1. The smallest absolute Gasteiger partial charge is 0.220 e. The molecule has 1 atom stereocenters. The van der Waals surface area contributed by atoms with Crippen molar-refractivity contribution in [3.8, 4) is 17.2 Å². The molecule has 192 valence electrons. The normalized spacial score (nSPS) is 11.8. The Kier molecular flexibility index (Phi) is 8.81. The molecule has 0 saturated carbocycles. The van der Waals surface area contributed by atoms with E-state index in [0.717, 1.165) is 11.3 Å². The highest BCUT2D eigenvalue weighted by Gasteiger charge is 2.26. The fraction of sp³-hybridized carbons (Fsp3) is 0.200. The maximum absolute atomic E-state index is 11.6. The molecule has 0 radical (unpaired) electrons. The number of halogens is 3. The lowest BCUT2D eigenvalue weighted by atomic mass is 10.1. The van der Waals surface area contributed by atoms with Crippen LogP contribution in [0.1, 0.15) is 22.2 Å². The van der Waals surface area contributed by atoms with Gasteiger partial charge < -0.3 is 9.47 Å². The second kappa shape index (κ2) is 12.0. The van der Waals surface area contributed by atoms with Crippen molar-refractivity contribution in [2.24, 2.45) is 0 Å². The van der Waals surface area contributed by atoms with Crippen LogP contribution in [0.5, 0.6) is 11.5 Å². The maximum atomic E-state index is 11.6. The second-order valence-corrected chi connectivity index (χ2v) is 10.3. The number of aromatic nitrogens is 3. The van der Waals surface area contributed by atoms with Gasteiger partial charge in [0.15, 0.2) is 16.7 Å². The summed E-state index contributed by atoms with van der Waals surface area (Å²) >= 11 is 20.1. The first-order chi connectivity index (χ1) is 17.8. The second-order valence-electron chi connectivity index (χ2n) is 7.88. The molecule has 0 spiro atoms. The Bertz CT molecular complexity index is 1420. The Morgan fingerprint density at radius 1 is 1.05 bits per heavy atom. The highest BCUT2D eigenvalue weighted by Crippen LogP contribution is 2.43. The molecule has 0 aliphatic rings. The molecule has 3 aromatic carbocycles. The van der Waals surface area contributed by atoms with Gasteiger partial charge in [-0.15, -0.1) is 10.2 Å². The highest BCUT2D eigenvalue weighted by atomic mass is 35.5. The minimum absolute atomic E-state index is 0.172. The lowest BCUT2D eigenvalue weighted by Gasteiger charge is -2.18. The number of ether oxygens (including phenoxy) is 2. The van der Waals surface area contributed by atoms with Crippen molar-refractivity contribution in [2.75, 3.05) is 13.7 Å². The number of rotatable bonds is 10. The summed E-state index contributed by atoms with van der Waals surface area (Å²) in [6.45, 7) is 1.60. The zero-order valence-electron chi connectivity index (χ0n) is 19.7. The first kappa shape index (κ1) is 27.1. The molecule has 0 unspecified atom stereocenters. The third kappa shape index (κ3) is 6.48. The molecule has 37 heavy (non-hydrogen) atoms. The molecule has 4 aromatic rings. The summed E-state index contributed by atoms with van der Waals surface area (Å²) in [5.41, 5.74) is 2.15. The van der Waals surface area contributed by atoms with Crippen LogP contribution in [0.2, 0.25) is 15.1 Å². The molecule has 0 aliphatic heterocycles. The first-order valence-electron chi connectivity index (χ1n) is 11.0. The molecule has 4 rings (SSSR count). The minimum Gasteiger partial charge on any atom is -0.493 e. The number of thioether (sulfide) groups is 1. The zero-order chi connectivity index (χ0) is 26.5. The molecule has 8 nitrogen and oxygen atoms in total. The van der Waals surface area contributed by atoms with Crippen LogP contribution >= 0.6 is 46.6 Å². The van der Waals surface area contributed by atoms with Gasteiger partial charge in [-0.3, -0.25) is 14.7 Å². The minimum atomic E-state index is -0.645. The van der Waals surface area contributed by atoms with E-state index in [1.807, 2.05) is 34.9 Å². The van der Waals surface area contributed by atoms with Crippen molar-refractivity contribution in [2.45, 2.75) is 23.9 Å². The van der Waals surface area contributed by atoms with Gasteiger partial charge in [0.1, 0.15) is 17.7 Å². The summed E-state index contributed by atoms with van der Waals surface area (Å²) < 4.78 is 13.3. The Morgan fingerprint density at radius 3 is 2.46 bits per heavy atom. The summed E-state index contributed by atoms with van der Waals surface area (Å²) in [5.74, 6) is 1.29. The van der Waals surface area contributed by atoms with Crippen LogP contribution < -0.4 is 9.47 Å². The standard InChI is InChI=1S/C25H21Cl3N4O4S/c1-15-29-30-25(32(15)19-9-7-18(26)8-10-19)37-23(13-31(33)34)17-11-21(28)24(22(12-17)35-2)36-14-16-5-3-4-6-20(16)27/h3-12,23H,13-14H2,1-2H3/t23-/m1/s1. The monoisotopic (exact) mass is 578 g/mol. The lowest BCUT2D eigenvalue weighted by molar-refractivity contribution is -0.479. The average Bonchev–Trinajstić information content (AvgIpc) is 3.23. The van der Waals surface area contributed by atoms with Gasteiger partial charge in [0.05, 0.1) is 12.1 Å². The van der Waals surface area contributed by atoms with Gasteiger partial charge in [-0.2, -0.15) is 0 Å². The predicted molar refractivity (Wildman–Crippen MR) is 145 cm³/mol. The molecular weight excluding hydrogens is 559 g/mol. The van der Waals surface area contributed by atoms with Gasteiger partial charge in [0.25, 0.3) is 0 Å². The third-order valence-electron chi connectivity index (χ3n) is 5.40. The van der Waals surface area contributed by atoms with Gasteiger partial charge >= 0.3 is 0 Å². The van der Waals surface area contributed by atoms with E-state index in [-0.39, 0.29) is 23.1 Å². The van der Waals surface area contributed by atoms with Crippen molar-refractivity contribution in [3.63, 3.8) is 0 Å². The van der Waals surface area contributed by atoms with Gasteiger partial charge in [-0.25, -0.2) is 0 Å². The molecule has 0 fully saturated rings. The van der Waals surface area contributed by atoms with Gasteiger partial charge in [0, 0.05) is 26.2 Å². The Morgan fingerprint density at radius 2 is 1.78 bits per heavy atom. The van der Waals surface area contributed by atoms with Gasteiger partial charge in [0.2, 0.25) is 6.54 Å². The van der Waals surface area contributed by atoms with Gasteiger partial charge in [-0.1, -0.05) is 64.8 Å². The number of nitrogens with zero attached hydrogens (tertiary/aromatic N) is 4. The van der Waals surface area contributed by atoms with Crippen molar-refractivity contribution in [1.29, 1.82) is 0 Å². The molecule has 0 N–H and O–H groups in total. The fourth-order valence-electron chi connectivity index (χ4n) is 3.61. The Hall–Kier alpha value is -2.98. The molecule has 12 heteroatoms. The van der Waals surface area contributed by atoms with E-state index in [4.69, 9.17) is 44.3 Å². The van der Waals surface area contributed by atoms with E-state index in [9.17, 15) is 10.1 Å². The number of benzene rings is 3. The molecular formula is C25H21Cl3N4O4S. The lowest BCUT2D eigenvalue weighted by Crippen LogP contribution is -2.12. The molecule has 1 heterocycles. The molecule has 1 aromatic heterocycles. The van der Waals surface area contributed by atoms with E-state index in [1.165, 1.54) is 18.9 Å². The Balaban J connectivity index is 1.66. The van der Waals surface area contributed by atoms with Crippen LogP contribution in [-0.2, 0) is 6.61 Å². The highest BCUT2D eigenvalue weighted by molar-refractivity contribution is 7.99. The van der Waals surface area contributed by atoms with Crippen LogP contribution in [0.25, 0.3) is 5.69 Å². The SMILES string of the molecule is COc1cc([C@@H](C[N+](=O)[O-])Sc2nnc(C)n2-c2ccc(Cl)cc2)cc(Cl)c1OCc1ccccc1Cl.